The molecule has 86 heavy (non-hydrogen) atoms. The summed E-state index contributed by atoms with van der Waals surface area (Å²) >= 11 is 0. The Bertz CT molecular complexity index is 2450. The van der Waals surface area contributed by atoms with Crippen molar-refractivity contribution in [2.75, 3.05) is 213 Å². The number of hydrogen-bond donors (Lipinski definition) is 2. The van der Waals surface area contributed by atoms with E-state index in [1.807, 2.05) is 48.5 Å². The van der Waals surface area contributed by atoms with Crippen molar-refractivity contribution in [2.24, 2.45) is 9.98 Å². The number of methoxy groups -OCH3 is 4. The number of aromatic hydroxyl groups is 2. The Morgan fingerprint density at radius 3 is 1.00 bits per heavy atom. The average molecular weight is 1210 g/mol. The van der Waals surface area contributed by atoms with E-state index in [9.17, 15) is 10.2 Å². The van der Waals surface area contributed by atoms with E-state index in [-0.39, 0.29) is 42.0 Å². The topological polar surface area (TPSA) is 244 Å². The molecule has 5 rings (SSSR count). The van der Waals surface area contributed by atoms with Crippen LogP contribution in [0.4, 0.5) is 11.5 Å². The van der Waals surface area contributed by atoms with Crippen LogP contribution in [0.3, 0.4) is 0 Å². The van der Waals surface area contributed by atoms with E-state index < -0.39 is 0 Å². The van der Waals surface area contributed by atoms with Gasteiger partial charge in [0.25, 0.3) is 0 Å². The highest BCUT2D eigenvalue weighted by Crippen LogP contribution is 2.40. The number of aliphatic imine (C=N–C) groups is 2. The van der Waals surface area contributed by atoms with Crippen molar-refractivity contribution >= 4 is 23.9 Å². The van der Waals surface area contributed by atoms with Crippen LogP contribution in [0, 0.1) is 0 Å². The molecule has 1 heterocycles. The highest BCUT2D eigenvalue weighted by molar-refractivity contribution is 5.93. The highest BCUT2D eigenvalue weighted by Gasteiger charge is 2.17. The normalized spacial score (nSPS) is 11.6. The van der Waals surface area contributed by atoms with Crippen LogP contribution in [0.1, 0.15) is 11.1 Å². The largest absolute Gasteiger partial charge is 0.504 e. The van der Waals surface area contributed by atoms with E-state index in [1.165, 1.54) is 26.6 Å². The van der Waals surface area contributed by atoms with Gasteiger partial charge in [0, 0.05) is 55.1 Å². The van der Waals surface area contributed by atoms with Crippen molar-refractivity contribution < 1.29 is 95.5 Å². The fraction of sp³-hybridized carbons (Fsp3) is 0.508. The molecule has 0 unspecified atom stereocenters. The second kappa shape index (κ2) is 45.9. The molecule has 0 radical (unpaired) electrons. The molecular weight excluding hydrogens is 1120 g/mol. The highest BCUT2D eigenvalue weighted by atomic mass is 16.6. The number of hydrogen-bond acceptors (Lipinski definition) is 23. The van der Waals surface area contributed by atoms with E-state index in [0.29, 0.717) is 211 Å². The number of benzene rings is 4. The lowest BCUT2D eigenvalue weighted by Gasteiger charge is -2.15. The number of phenols is 2. The first kappa shape index (κ1) is 70.4. The lowest BCUT2D eigenvalue weighted by Crippen LogP contribution is -2.15. The zero-order valence-corrected chi connectivity index (χ0v) is 50.2. The van der Waals surface area contributed by atoms with E-state index >= 15 is 0 Å². The van der Waals surface area contributed by atoms with Crippen molar-refractivity contribution in [3.63, 3.8) is 0 Å². The second-order valence-corrected chi connectivity index (χ2v) is 18.1. The van der Waals surface area contributed by atoms with Gasteiger partial charge in [0.15, 0.2) is 28.8 Å². The van der Waals surface area contributed by atoms with Gasteiger partial charge in [0.1, 0.15) is 30.4 Å². The fourth-order valence-electron chi connectivity index (χ4n) is 7.71. The number of ether oxygens (including phenoxy) is 18. The SMILES string of the molecule is COCCOCCOCCOCCOCCOCCOCCOc1ccccc1-c1cc(C=Nc2cccnc2/N=C/c2cc(-c3ccccc3OCCOCCOCCOCCOCCOCCOCCOC)cc(OC)c2O)c(O)c(OC)c1. The Labute approximate surface area is 505 Å². The molecule has 23 nitrogen and oxygen atoms in total. The third-order valence-corrected chi connectivity index (χ3v) is 12.0. The van der Waals surface area contributed by atoms with Crippen molar-refractivity contribution in [3.8, 4) is 56.8 Å². The summed E-state index contributed by atoms with van der Waals surface area (Å²) in [5, 5.41) is 22.6. The van der Waals surface area contributed by atoms with Crippen LogP contribution in [0.2, 0.25) is 0 Å². The van der Waals surface area contributed by atoms with E-state index in [4.69, 9.17) is 90.3 Å². The maximum Gasteiger partial charge on any atom is 0.178 e. The predicted octanol–water partition coefficient (Wildman–Crippen LogP) is 7.59. The third-order valence-electron chi connectivity index (χ3n) is 12.0. The van der Waals surface area contributed by atoms with Gasteiger partial charge in [-0.1, -0.05) is 36.4 Å². The molecule has 2 N–H and O–H groups in total. The summed E-state index contributed by atoms with van der Waals surface area (Å²) < 4.78 is 99.9. The van der Waals surface area contributed by atoms with Crippen LogP contribution in [0.15, 0.2) is 101 Å². The van der Waals surface area contributed by atoms with Gasteiger partial charge in [-0.25, -0.2) is 9.98 Å². The molecule has 5 aromatic rings. The van der Waals surface area contributed by atoms with Crippen LogP contribution < -0.4 is 18.9 Å². The summed E-state index contributed by atoms with van der Waals surface area (Å²) in [6, 6.07) is 25.6. The molecule has 0 bridgehead atoms. The number of aromatic nitrogens is 1. The minimum atomic E-state index is -0.119. The van der Waals surface area contributed by atoms with Crippen molar-refractivity contribution in [3.05, 3.63) is 102 Å². The summed E-state index contributed by atoms with van der Waals surface area (Å²) in [6.45, 7) is 12.8. The smallest absolute Gasteiger partial charge is 0.178 e. The van der Waals surface area contributed by atoms with Gasteiger partial charge in [0.05, 0.1) is 186 Å². The van der Waals surface area contributed by atoms with Crippen LogP contribution in [-0.2, 0) is 66.3 Å². The molecule has 0 aliphatic rings. The maximum atomic E-state index is 11.3. The monoisotopic (exact) mass is 1210 g/mol. The first-order valence-electron chi connectivity index (χ1n) is 28.7. The van der Waals surface area contributed by atoms with E-state index in [0.717, 1.165) is 11.1 Å². The Hall–Kier alpha value is -6.39. The number of phenolic OH excluding ortho intramolecular Hbond substituents is 2. The predicted molar refractivity (Wildman–Crippen MR) is 324 cm³/mol. The summed E-state index contributed by atoms with van der Waals surface area (Å²) in [5.74, 6) is 1.71. The minimum Gasteiger partial charge on any atom is -0.504 e. The van der Waals surface area contributed by atoms with Crippen molar-refractivity contribution in [1.82, 2.24) is 4.98 Å². The maximum absolute atomic E-state index is 11.3. The zero-order valence-electron chi connectivity index (χ0n) is 50.2. The number of nitrogens with zero attached hydrogens (tertiary/aromatic N) is 3. The van der Waals surface area contributed by atoms with Gasteiger partial charge in [-0.2, -0.15) is 0 Å². The quantitative estimate of drug-likeness (QED) is 0.0281. The molecule has 1 aromatic heterocycles. The molecule has 0 saturated heterocycles. The van der Waals surface area contributed by atoms with Gasteiger partial charge < -0.3 is 95.5 Å². The summed E-state index contributed by atoms with van der Waals surface area (Å²) in [6.07, 6.45) is 4.59. The molecule has 4 aromatic carbocycles. The van der Waals surface area contributed by atoms with E-state index in [1.54, 1.807) is 56.8 Å². The standard InChI is InChI=1S/C63H87N3O20/c1-69-16-18-73-20-22-75-24-26-77-28-30-79-32-34-81-36-38-83-40-42-85-57-13-7-5-10-54(57)50-44-52(61(67)59(46-50)71-3)48-65-56-12-9-15-64-63(56)66-49-53-45-51(47-60(72-4)62(53)68)55-11-6-8-14-58(55)86-43-41-84-39-37-82-35-33-80-31-29-78-27-25-76-23-21-74-19-17-70-2/h5-15,44-49,67-68H,16-43H2,1-4H3/b65-48?,66-49+. The van der Waals surface area contributed by atoms with Crippen molar-refractivity contribution in [2.45, 2.75) is 0 Å². The summed E-state index contributed by atoms with van der Waals surface area (Å²) in [4.78, 5) is 13.8. The molecule has 0 atom stereocenters. The molecule has 474 valence electrons. The van der Waals surface area contributed by atoms with Gasteiger partial charge in [0.2, 0.25) is 0 Å². The molecular formula is C63H87N3O20. The Kier molecular flexibility index (Phi) is 37.5. The molecule has 0 fully saturated rings. The lowest BCUT2D eigenvalue weighted by atomic mass is 10.0. The van der Waals surface area contributed by atoms with Gasteiger partial charge >= 0.3 is 0 Å². The Balaban J connectivity index is 1.05. The molecule has 23 heteroatoms. The number of rotatable bonds is 52. The van der Waals surface area contributed by atoms with Gasteiger partial charge in [-0.3, -0.25) is 4.99 Å². The first-order valence-corrected chi connectivity index (χ1v) is 28.7. The van der Waals surface area contributed by atoms with Gasteiger partial charge in [-0.15, -0.1) is 0 Å². The molecule has 0 saturated carbocycles. The Morgan fingerprint density at radius 2 is 0.663 bits per heavy atom. The molecule has 0 spiro atoms. The number of para-hydroxylation sites is 2. The van der Waals surface area contributed by atoms with Crippen LogP contribution in [-0.4, -0.2) is 241 Å². The zero-order chi connectivity index (χ0) is 60.8. The summed E-state index contributed by atoms with van der Waals surface area (Å²) in [5.41, 5.74) is 4.07. The lowest BCUT2D eigenvalue weighted by molar-refractivity contribution is -0.0199. The minimum absolute atomic E-state index is 0.112. The Morgan fingerprint density at radius 1 is 0.349 bits per heavy atom. The molecule has 0 amide bonds. The fourth-order valence-corrected chi connectivity index (χ4v) is 7.71. The number of pyridine rings is 1. The van der Waals surface area contributed by atoms with E-state index in [2.05, 4.69) is 9.98 Å². The first-order chi connectivity index (χ1) is 42.5. The van der Waals surface area contributed by atoms with Crippen LogP contribution in [0.5, 0.6) is 34.5 Å². The average Bonchev–Trinajstić information content (AvgIpc) is 3.56. The van der Waals surface area contributed by atoms with Crippen LogP contribution in [0.25, 0.3) is 22.3 Å². The molecule has 0 aliphatic heterocycles. The van der Waals surface area contributed by atoms with Crippen molar-refractivity contribution in [1.29, 1.82) is 0 Å². The van der Waals surface area contributed by atoms with Crippen LogP contribution >= 0.6 is 0 Å². The molecule has 0 aliphatic carbocycles. The second-order valence-electron chi connectivity index (χ2n) is 18.1. The van der Waals surface area contributed by atoms with Gasteiger partial charge in [-0.05, 0) is 59.7 Å². The third kappa shape index (κ3) is 28.4. The summed E-state index contributed by atoms with van der Waals surface area (Å²) in [7, 11) is 6.23.